The predicted molar refractivity (Wildman–Crippen MR) is 107 cm³/mol. The highest BCUT2D eigenvalue weighted by molar-refractivity contribution is 7.87. The standard InChI is InChI=1S/C20H25N3O2S/c1-3-11-22-26(24,25)23-14-18(16-8-6-7-15(2)12-16)19-13-21-20-10-5-4-9-17(19)20/h4-10,12-13,18,21-23H,3,11,14H2,1-2H3. The molecular weight excluding hydrogens is 346 g/mol. The van der Waals surface area contributed by atoms with Crippen molar-refractivity contribution in [3.05, 3.63) is 71.4 Å². The molecule has 0 amide bonds. The summed E-state index contributed by atoms with van der Waals surface area (Å²) >= 11 is 0. The number of fused-ring (bicyclic) bond motifs is 1. The lowest BCUT2D eigenvalue weighted by Crippen LogP contribution is -2.39. The van der Waals surface area contributed by atoms with Gasteiger partial charge in [0.25, 0.3) is 10.2 Å². The van der Waals surface area contributed by atoms with Crippen LogP contribution in [0, 0.1) is 6.92 Å². The third kappa shape index (κ3) is 4.33. The van der Waals surface area contributed by atoms with E-state index in [2.05, 4.69) is 26.6 Å². The molecule has 0 aliphatic rings. The van der Waals surface area contributed by atoms with Gasteiger partial charge in [0.15, 0.2) is 0 Å². The first-order valence-electron chi connectivity index (χ1n) is 8.87. The monoisotopic (exact) mass is 371 g/mol. The van der Waals surface area contributed by atoms with E-state index < -0.39 is 10.2 Å². The zero-order chi connectivity index (χ0) is 18.6. The van der Waals surface area contributed by atoms with Gasteiger partial charge in [-0.15, -0.1) is 0 Å². The summed E-state index contributed by atoms with van der Waals surface area (Å²) in [5.41, 5.74) is 4.38. The number of hydrogen-bond donors (Lipinski definition) is 3. The van der Waals surface area contributed by atoms with Crippen LogP contribution in [0.4, 0.5) is 0 Å². The Balaban J connectivity index is 1.95. The summed E-state index contributed by atoms with van der Waals surface area (Å²) in [4.78, 5) is 3.29. The number of para-hydroxylation sites is 1. The number of benzene rings is 2. The molecule has 0 fully saturated rings. The van der Waals surface area contributed by atoms with Crippen LogP contribution in [-0.4, -0.2) is 26.5 Å². The van der Waals surface area contributed by atoms with E-state index in [1.807, 2.05) is 56.4 Å². The average Bonchev–Trinajstić information content (AvgIpc) is 3.04. The largest absolute Gasteiger partial charge is 0.361 e. The maximum atomic E-state index is 12.2. The first-order valence-corrected chi connectivity index (χ1v) is 10.4. The SMILES string of the molecule is CCCNS(=O)(=O)NCC(c1cccc(C)c1)c1c[nH]c2ccccc12. The second-order valence-corrected chi connectivity index (χ2v) is 8.09. The van der Waals surface area contributed by atoms with Crippen molar-refractivity contribution >= 4 is 21.1 Å². The van der Waals surface area contributed by atoms with E-state index in [1.54, 1.807) is 0 Å². The number of aryl methyl sites for hydroxylation is 1. The maximum Gasteiger partial charge on any atom is 0.276 e. The Kier molecular flexibility index (Phi) is 5.76. The summed E-state index contributed by atoms with van der Waals surface area (Å²) in [7, 11) is -3.51. The van der Waals surface area contributed by atoms with Gasteiger partial charge in [0, 0.05) is 36.1 Å². The molecule has 2 aromatic carbocycles. The first-order chi connectivity index (χ1) is 12.5. The third-order valence-corrected chi connectivity index (χ3v) is 5.59. The second kappa shape index (κ2) is 8.03. The molecule has 0 aliphatic carbocycles. The molecule has 26 heavy (non-hydrogen) atoms. The maximum absolute atomic E-state index is 12.2. The number of nitrogens with one attached hydrogen (secondary N) is 3. The minimum atomic E-state index is -3.51. The van der Waals surface area contributed by atoms with Gasteiger partial charge in [-0.2, -0.15) is 8.42 Å². The summed E-state index contributed by atoms with van der Waals surface area (Å²) in [5.74, 6) is -0.0794. The van der Waals surface area contributed by atoms with Crippen LogP contribution < -0.4 is 9.44 Å². The highest BCUT2D eigenvalue weighted by atomic mass is 32.2. The van der Waals surface area contributed by atoms with E-state index in [1.165, 1.54) is 0 Å². The molecule has 5 nitrogen and oxygen atoms in total. The summed E-state index contributed by atoms with van der Waals surface area (Å²) in [6.45, 7) is 4.70. The summed E-state index contributed by atoms with van der Waals surface area (Å²) in [5, 5.41) is 1.11. The van der Waals surface area contributed by atoms with Gasteiger partial charge in [0.05, 0.1) is 0 Å². The van der Waals surface area contributed by atoms with Crippen molar-refractivity contribution in [2.45, 2.75) is 26.2 Å². The molecule has 6 heteroatoms. The molecule has 0 radical (unpaired) electrons. The number of aromatic nitrogens is 1. The van der Waals surface area contributed by atoms with Crippen molar-refractivity contribution in [2.75, 3.05) is 13.1 Å². The number of rotatable bonds is 8. The lowest BCUT2D eigenvalue weighted by Gasteiger charge is -2.19. The number of H-pyrrole nitrogens is 1. The molecule has 3 aromatic rings. The number of aromatic amines is 1. The lowest BCUT2D eigenvalue weighted by molar-refractivity contribution is 0.562. The highest BCUT2D eigenvalue weighted by Gasteiger charge is 2.20. The van der Waals surface area contributed by atoms with Gasteiger partial charge in [-0.1, -0.05) is 55.0 Å². The zero-order valence-electron chi connectivity index (χ0n) is 15.1. The van der Waals surface area contributed by atoms with Gasteiger partial charge >= 0.3 is 0 Å². The minimum Gasteiger partial charge on any atom is -0.361 e. The van der Waals surface area contributed by atoms with Gasteiger partial charge < -0.3 is 4.98 Å². The molecule has 0 saturated carbocycles. The van der Waals surface area contributed by atoms with E-state index in [0.717, 1.165) is 34.0 Å². The Morgan fingerprint density at radius 1 is 1.08 bits per heavy atom. The predicted octanol–water partition coefficient (Wildman–Crippen LogP) is 3.44. The fraction of sp³-hybridized carbons (Fsp3) is 0.300. The fourth-order valence-electron chi connectivity index (χ4n) is 3.16. The Labute approximate surface area is 155 Å². The molecule has 1 atom stereocenters. The Bertz CT molecular complexity index is 979. The molecule has 3 N–H and O–H groups in total. The second-order valence-electron chi connectivity index (χ2n) is 6.50. The van der Waals surface area contributed by atoms with E-state index >= 15 is 0 Å². The molecule has 3 rings (SSSR count). The molecule has 1 aromatic heterocycles. The average molecular weight is 372 g/mol. The summed E-state index contributed by atoms with van der Waals surface area (Å²) in [6, 6.07) is 16.3. The lowest BCUT2D eigenvalue weighted by atomic mass is 9.90. The van der Waals surface area contributed by atoms with Crippen LogP contribution in [0.5, 0.6) is 0 Å². The molecule has 0 saturated heterocycles. The molecule has 1 heterocycles. The van der Waals surface area contributed by atoms with Gasteiger partial charge in [-0.05, 0) is 30.5 Å². The third-order valence-electron chi connectivity index (χ3n) is 4.46. The normalized spacial score (nSPS) is 13.2. The molecular formula is C20H25N3O2S. The van der Waals surface area contributed by atoms with E-state index in [4.69, 9.17) is 0 Å². The van der Waals surface area contributed by atoms with Crippen LogP contribution in [0.15, 0.2) is 54.7 Å². The number of hydrogen-bond acceptors (Lipinski definition) is 2. The van der Waals surface area contributed by atoms with Crippen LogP contribution in [0.2, 0.25) is 0 Å². The first kappa shape index (κ1) is 18.6. The van der Waals surface area contributed by atoms with Crippen LogP contribution in [0.3, 0.4) is 0 Å². The quantitative estimate of drug-likeness (QED) is 0.567. The highest BCUT2D eigenvalue weighted by Crippen LogP contribution is 2.31. The zero-order valence-corrected chi connectivity index (χ0v) is 15.9. The van der Waals surface area contributed by atoms with Gasteiger partial charge in [-0.3, -0.25) is 0 Å². The minimum absolute atomic E-state index is 0.0794. The van der Waals surface area contributed by atoms with Crippen molar-refractivity contribution in [3.8, 4) is 0 Å². The molecule has 0 spiro atoms. The fourth-order valence-corrected chi connectivity index (χ4v) is 4.12. The molecule has 0 aliphatic heterocycles. The molecule has 0 bridgehead atoms. The topological polar surface area (TPSA) is 74.0 Å². The van der Waals surface area contributed by atoms with Crippen molar-refractivity contribution in [1.82, 2.24) is 14.4 Å². The van der Waals surface area contributed by atoms with Crippen molar-refractivity contribution in [2.24, 2.45) is 0 Å². The van der Waals surface area contributed by atoms with Crippen molar-refractivity contribution in [1.29, 1.82) is 0 Å². The van der Waals surface area contributed by atoms with Crippen LogP contribution in [0.1, 0.15) is 36.0 Å². The molecule has 138 valence electrons. The van der Waals surface area contributed by atoms with E-state index in [-0.39, 0.29) is 5.92 Å². The van der Waals surface area contributed by atoms with E-state index in [9.17, 15) is 8.42 Å². The van der Waals surface area contributed by atoms with Gasteiger partial charge in [0.2, 0.25) is 0 Å². The Hall–Kier alpha value is -2.15. The van der Waals surface area contributed by atoms with Crippen LogP contribution in [-0.2, 0) is 10.2 Å². The van der Waals surface area contributed by atoms with Crippen molar-refractivity contribution in [3.63, 3.8) is 0 Å². The van der Waals surface area contributed by atoms with Crippen molar-refractivity contribution < 1.29 is 8.42 Å². The van der Waals surface area contributed by atoms with Gasteiger partial charge in [-0.25, -0.2) is 9.44 Å². The van der Waals surface area contributed by atoms with Crippen LogP contribution >= 0.6 is 0 Å². The Morgan fingerprint density at radius 3 is 2.65 bits per heavy atom. The Morgan fingerprint density at radius 2 is 1.88 bits per heavy atom. The molecule has 1 unspecified atom stereocenters. The van der Waals surface area contributed by atoms with Crippen LogP contribution in [0.25, 0.3) is 10.9 Å². The smallest absolute Gasteiger partial charge is 0.276 e. The van der Waals surface area contributed by atoms with Gasteiger partial charge in [0.1, 0.15) is 0 Å². The summed E-state index contributed by atoms with van der Waals surface area (Å²) < 4.78 is 29.7. The summed E-state index contributed by atoms with van der Waals surface area (Å²) in [6.07, 6.45) is 2.73. The van der Waals surface area contributed by atoms with E-state index in [0.29, 0.717) is 13.1 Å².